The molecule has 0 aromatic heterocycles. The lowest BCUT2D eigenvalue weighted by molar-refractivity contribution is -0.870. The summed E-state index contributed by atoms with van der Waals surface area (Å²) < 4.78 is 22.7. The van der Waals surface area contributed by atoms with Crippen LogP contribution in [0.1, 0.15) is 264 Å². The molecule has 9 heteroatoms. The largest absolute Gasteiger partial charge is 0.545 e. The van der Waals surface area contributed by atoms with Gasteiger partial charge in [0, 0.05) is 12.8 Å². The molecule has 0 aliphatic heterocycles. The topological polar surface area (TPSA) is 111 Å². The molecular formula is C69H119NO8. The predicted octanol–water partition coefficient (Wildman–Crippen LogP) is 18.0. The second-order valence-corrected chi connectivity index (χ2v) is 22.3. The van der Waals surface area contributed by atoms with Crippen LogP contribution < -0.4 is 5.11 Å². The summed E-state index contributed by atoms with van der Waals surface area (Å²) in [6.45, 7) is 4.65. The lowest BCUT2D eigenvalue weighted by atomic mass is 10.0. The van der Waals surface area contributed by atoms with E-state index in [1.165, 1.54) is 135 Å². The van der Waals surface area contributed by atoms with E-state index in [1.807, 2.05) is 21.1 Å². The van der Waals surface area contributed by atoms with Crippen molar-refractivity contribution in [2.75, 3.05) is 47.5 Å². The van der Waals surface area contributed by atoms with E-state index in [2.05, 4.69) is 111 Å². The number of rotatable bonds is 58. The number of hydrogen-bond donors (Lipinski definition) is 0. The average Bonchev–Trinajstić information content (AvgIpc) is 3.41. The molecule has 0 aliphatic rings. The van der Waals surface area contributed by atoms with Crippen LogP contribution in [0.2, 0.25) is 0 Å². The van der Waals surface area contributed by atoms with Crippen LogP contribution in [0, 0.1) is 0 Å². The van der Waals surface area contributed by atoms with Crippen LogP contribution in [0.25, 0.3) is 0 Å². The molecule has 0 aliphatic carbocycles. The Balaban J connectivity index is 4.22. The summed E-state index contributed by atoms with van der Waals surface area (Å²) >= 11 is 0. The maximum Gasteiger partial charge on any atom is 0.306 e. The number of carbonyl (C=O) groups is 3. The van der Waals surface area contributed by atoms with Crippen LogP contribution in [0.3, 0.4) is 0 Å². The Kier molecular flexibility index (Phi) is 56.5. The van der Waals surface area contributed by atoms with Crippen molar-refractivity contribution in [1.29, 1.82) is 0 Å². The number of carboxylic acids is 1. The van der Waals surface area contributed by atoms with Crippen molar-refractivity contribution in [3.63, 3.8) is 0 Å². The zero-order chi connectivity index (χ0) is 56.9. The second-order valence-electron chi connectivity index (χ2n) is 22.3. The van der Waals surface area contributed by atoms with Crippen LogP contribution in [0.5, 0.6) is 0 Å². The number of hydrogen-bond acceptors (Lipinski definition) is 8. The molecule has 0 spiro atoms. The summed E-state index contributed by atoms with van der Waals surface area (Å²) in [5, 5.41) is 11.8. The van der Waals surface area contributed by atoms with E-state index in [0.717, 1.165) is 96.3 Å². The number of allylic oxidation sites excluding steroid dienone is 16. The van der Waals surface area contributed by atoms with Gasteiger partial charge < -0.3 is 33.3 Å². The van der Waals surface area contributed by atoms with Gasteiger partial charge in [0.25, 0.3) is 0 Å². The molecule has 0 fully saturated rings. The number of nitrogens with zero attached hydrogens (tertiary/aromatic N) is 1. The minimum atomic E-state index is -1.63. The molecule has 0 aromatic carbocycles. The third-order valence-electron chi connectivity index (χ3n) is 13.6. The summed E-state index contributed by atoms with van der Waals surface area (Å²) in [5.74, 6) is -2.29. The quantitative estimate of drug-likeness (QED) is 0.0195. The first-order valence-electron chi connectivity index (χ1n) is 31.9. The van der Waals surface area contributed by atoms with E-state index in [4.69, 9.17) is 18.9 Å². The highest BCUT2D eigenvalue weighted by atomic mass is 16.7. The Labute approximate surface area is 480 Å². The molecule has 448 valence electrons. The molecule has 2 unspecified atom stereocenters. The van der Waals surface area contributed by atoms with Crippen molar-refractivity contribution in [2.24, 2.45) is 0 Å². The number of esters is 2. The highest BCUT2D eigenvalue weighted by Crippen LogP contribution is 2.17. The third kappa shape index (κ3) is 59.9. The fraction of sp³-hybridized carbons (Fsp3) is 0.725. The van der Waals surface area contributed by atoms with E-state index in [-0.39, 0.29) is 32.2 Å². The zero-order valence-corrected chi connectivity index (χ0v) is 51.0. The summed E-state index contributed by atoms with van der Waals surface area (Å²) in [7, 11) is 5.92. The molecule has 0 saturated heterocycles. The van der Waals surface area contributed by atoms with E-state index in [1.54, 1.807) is 0 Å². The van der Waals surface area contributed by atoms with Crippen molar-refractivity contribution >= 4 is 17.9 Å². The molecule has 0 saturated carbocycles. The van der Waals surface area contributed by atoms with Crippen LogP contribution >= 0.6 is 0 Å². The highest BCUT2D eigenvalue weighted by Gasteiger charge is 2.22. The Morgan fingerprint density at radius 3 is 1.09 bits per heavy atom. The van der Waals surface area contributed by atoms with E-state index in [9.17, 15) is 19.5 Å². The normalized spacial score (nSPS) is 13.4. The first kappa shape index (κ1) is 74.2. The maximum atomic E-state index is 12.9. The van der Waals surface area contributed by atoms with Gasteiger partial charge in [-0.25, -0.2) is 0 Å². The Morgan fingerprint density at radius 2 is 0.731 bits per heavy atom. The molecule has 0 N–H and O–H groups in total. The summed E-state index contributed by atoms with van der Waals surface area (Å²) in [4.78, 5) is 37.4. The van der Waals surface area contributed by atoms with Crippen molar-refractivity contribution < 1.29 is 42.9 Å². The Bertz CT molecular complexity index is 1600. The first-order chi connectivity index (χ1) is 38.1. The number of ether oxygens (including phenoxy) is 4. The molecule has 2 atom stereocenters. The van der Waals surface area contributed by atoms with Crippen LogP contribution in [-0.4, -0.2) is 82.3 Å². The van der Waals surface area contributed by atoms with Gasteiger partial charge in [-0.05, 0) is 77.0 Å². The summed E-state index contributed by atoms with van der Waals surface area (Å²) in [6.07, 6.45) is 77.5. The molecule has 0 bridgehead atoms. The molecule has 9 nitrogen and oxygen atoms in total. The van der Waals surface area contributed by atoms with Crippen molar-refractivity contribution in [3.05, 3.63) is 97.2 Å². The lowest BCUT2D eigenvalue weighted by Gasteiger charge is -2.26. The highest BCUT2D eigenvalue weighted by molar-refractivity contribution is 5.70. The molecule has 0 rings (SSSR count). The lowest BCUT2D eigenvalue weighted by Crippen LogP contribution is -2.44. The van der Waals surface area contributed by atoms with Crippen molar-refractivity contribution in [2.45, 2.75) is 277 Å². The zero-order valence-electron chi connectivity index (χ0n) is 51.0. The minimum absolute atomic E-state index is 0.143. The molecule has 0 radical (unpaired) electrons. The standard InChI is InChI=1S/C69H119NO8/c1-6-8-10-12-14-16-18-20-22-24-26-28-29-30-31-32-33-34-35-36-37-38-39-40-42-44-46-48-50-52-54-56-58-60-67(72)78-65(64-77-69(68(73)74)75-62-61-70(3,4)5)63-76-66(71)59-57-55-53-51-49-47-45-43-41-27-25-23-21-19-17-15-13-11-9-7-2/h8,10,14,16,20,22,26,28,30-31,33-34,36-37,39-40,65,69H,6-7,9,11-13,15,17-19,21,23-25,27,29,32,35,38,41-64H2,1-5H3/b10-8-,16-14-,22-20-,28-26-,31-30-,34-33-,37-36-,40-39-. The monoisotopic (exact) mass is 1090 g/mol. The molecule has 0 heterocycles. The number of quaternary nitrogens is 1. The van der Waals surface area contributed by atoms with Crippen molar-refractivity contribution in [3.8, 4) is 0 Å². The fourth-order valence-corrected chi connectivity index (χ4v) is 8.73. The van der Waals surface area contributed by atoms with Crippen molar-refractivity contribution in [1.82, 2.24) is 0 Å². The van der Waals surface area contributed by atoms with Crippen LogP contribution in [0.15, 0.2) is 97.2 Å². The molecule has 78 heavy (non-hydrogen) atoms. The second kappa shape index (κ2) is 59.3. The molecular weight excluding hydrogens is 971 g/mol. The Morgan fingerprint density at radius 1 is 0.397 bits per heavy atom. The van der Waals surface area contributed by atoms with Gasteiger partial charge in [0.2, 0.25) is 0 Å². The van der Waals surface area contributed by atoms with Gasteiger partial charge in [-0.2, -0.15) is 0 Å². The van der Waals surface area contributed by atoms with Gasteiger partial charge in [0.1, 0.15) is 13.2 Å². The minimum Gasteiger partial charge on any atom is -0.545 e. The molecule has 0 aromatic rings. The summed E-state index contributed by atoms with van der Waals surface area (Å²) in [6, 6.07) is 0. The fourth-order valence-electron chi connectivity index (χ4n) is 8.73. The van der Waals surface area contributed by atoms with Gasteiger partial charge in [-0.1, -0.05) is 272 Å². The van der Waals surface area contributed by atoms with E-state index < -0.39 is 24.3 Å². The van der Waals surface area contributed by atoms with Gasteiger partial charge in [0.15, 0.2) is 12.4 Å². The van der Waals surface area contributed by atoms with Crippen LogP contribution in [-0.2, 0) is 33.3 Å². The Hall–Kier alpha value is -3.79. The first-order valence-corrected chi connectivity index (χ1v) is 31.9. The maximum absolute atomic E-state index is 12.9. The molecule has 0 amide bonds. The van der Waals surface area contributed by atoms with Gasteiger partial charge in [-0.15, -0.1) is 0 Å². The number of aliphatic carboxylic acids is 1. The van der Waals surface area contributed by atoms with Gasteiger partial charge >= 0.3 is 11.9 Å². The van der Waals surface area contributed by atoms with Gasteiger partial charge in [0.05, 0.1) is 40.3 Å². The smallest absolute Gasteiger partial charge is 0.306 e. The van der Waals surface area contributed by atoms with E-state index in [0.29, 0.717) is 23.9 Å². The summed E-state index contributed by atoms with van der Waals surface area (Å²) in [5.41, 5.74) is 0. The number of likely N-dealkylation sites (N-methyl/N-ethyl adjacent to an activating group) is 1. The van der Waals surface area contributed by atoms with Gasteiger partial charge in [-0.3, -0.25) is 9.59 Å². The number of unbranched alkanes of at least 4 members (excludes halogenated alkanes) is 27. The third-order valence-corrected chi connectivity index (χ3v) is 13.6. The number of carboxylic acid groups (broad SMARTS) is 1. The van der Waals surface area contributed by atoms with Crippen LogP contribution in [0.4, 0.5) is 0 Å². The SMILES string of the molecule is CC/C=C\C/C=C\C/C=C\C/C=C\C/C=C\C/C=C\C/C=C\C/C=C\CCCCCCCCCCC(=O)OC(COC(=O)CCCCCCCCCCCCCCCCCCCCCC)COC(OCC[N+](C)(C)C)C(=O)[O-]. The number of carbonyl (C=O) groups excluding carboxylic acids is 3. The van der Waals surface area contributed by atoms with E-state index >= 15 is 0 Å². The predicted molar refractivity (Wildman–Crippen MR) is 329 cm³/mol. The average molecular weight is 1090 g/mol.